The van der Waals surface area contributed by atoms with Crippen molar-refractivity contribution in [2.75, 3.05) is 6.61 Å². The number of benzene rings is 3. The Hall–Kier alpha value is -3.30. The molecule has 0 aliphatic carbocycles. The number of carbonyl (C=O) groups is 1. The first-order valence-electron chi connectivity index (χ1n) is 8.91. The zero-order valence-corrected chi connectivity index (χ0v) is 17.3. The summed E-state index contributed by atoms with van der Waals surface area (Å²) in [7, 11) is 0. The number of ether oxygens (including phenoxy) is 2. The Bertz CT molecular complexity index is 1080. The molecule has 3 aromatic rings. The average Bonchev–Trinajstić information content (AvgIpc) is 2.74. The third-order valence-corrected chi connectivity index (χ3v) is 4.81. The topological polar surface area (TPSA) is 59.9 Å². The fourth-order valence-electron chi connectivity index (χ4n) is 2.63. The number of hydrogen-bond donors (Lipinski definition) is 1. The van der Waals surface area contributed by atoms with Crippen molar-refractivity contribution in [3.05, 3.63) is 70.7 Å². The number of fused-ring (bicyclic) bond motifs is 1. The standard InChI is InChI=1S/C23H19BrN2O3/c1-3-13-28-19-11-12-21(24)18(14-19)15-25-26-23(27)16(2)29-22-10-6-8-17-7-4-5-9-20(17)22/h1,4-12,14-16H,13H2,2H3,(H,26,27)/b25-15+. The number of carbonyl (C=O) groups excluding carboxylic acids is 1. The molecule has 0 radical (unpaired) electrons. The van der Waals surface area contributed by atoms with E-state index in [1.165, 1.54) is 6.21 Å². The third-order valence-electron chi connectivity index (χ3n) is 4.09. The summed E-state index contributed by atoms with van der Waals surface area (Å²) in [6, 6.07) is 19.0. The molecule has 0 fully saturated rings. The molecular weight excluding hydrogens is 432 g/mol. The predicted molar refractivity (Wildman–Crippen MR) is 118 cm³/mol. The second-order valence-corrected chi connectivity index (χ2v) is 7.00. The second kappa shape index (κ2) is 9.76. The van der Waals surface area contributed by atoms with Gasteiger partial charge in [0.15, 0.2) is 6.10 Å². The van der Waals surface area contributed by atoms with Crippen LogP contribution in [0.25, 0.3) is 10.8 Å². The van der Waals surface area contributed by atoms with Gasteiger partial charge in [0.25, 0.3) is 5.91 Å². The van der Waals surface area contributed by atoms with Crippen molar-refractivity contribution in [1.29, 1.82) is 0 Å². The summed E-state index contributed by atoms with van der Waals surface area (Å²) in [6.07, 6.45) is 6.01. The first-order valence-corrected chi connectivity index (χ1v) is 9.71. The van der Waals surface area contributed by atoms with E-state index >= 15 is 0 Å². The lowest BCUT2D eigenvalue weighted by Crippen LogP contribution is -2.33. The highest BCUT2D eigenvalue weighted by atomic mass is 79.9. The van der Waals surface area contributed by atoms with Crippen molar-refractivity contribution in [1.82, 2.24) is 5.43 Å². The van der Waals surface area contributed by atoms with Crippen LogP contribution in [0.5, 0.6) is 11.5 Å². The molecule has 0 bridgehead atoms. The maximum atomic E-state index is 12.4. The maximum Gasteiger partial charge on any atom is 0.280 e. The Kier molecular flexibility index (Phi) is 6.88. The van der Waals surface area contributed by atoms with E-state index in [4.69, 9.17) is 15.9 Å². The van der Waals surface area contributed by atoms with Crippen LogP contribution < -0.4 is 14.9 Å². The van der Waals surface area contributed by atoms with Crippen LogP contribution >= 0.6 is 15.9 Å². The molecule has 1 amide bonds. The summed E-state index contributed by atoms with van der Waals surface area (Å²) in [5, 5.41) is 6.02. The minimum Gasteiger partial charge on any atom is -0.481 e. The van der Waals surface area contributed by atoms with Crippen molar-refractivity contribution in [2.24, 2.45) is 5.10 Å². The molecule has 0 saturated carbocycles. The molecule has 3 aromatic carbocycles. The number of nitrogens with one attached hydrogen (secondary N) is 1. The fraction of sp³-hybridized carbons (Fsp3) is 0.130. The van der Waals surface area contributed by atoms with Crippen LogP contribution in [-0.2, 0) is 4.79 Å². The molecule has 0 aliphatic rings. The maximum absolute atomic E-state index is 12.4. The first-order chi connectivity index (χ1) is 14.1. The smallest absolute Gasteiger partial charge is 0.280 e. The SMILES string of the molecule is C#CCOc1ccc(Br)c(/C=N/NC(=O)C(C)Oc2cccc3ccccc23)c1. The van der Waals surface area contributed by atoms with Crippen molar-refractivity contribution in [3.8, 4) is 23.8 Å². The molecule has 146 valence electrons. The Morgan fingerprint density at radius 1 is 1.24 bits per heavy atom. The molecule has 1 unspecified atom stereocenters. The van der Waals surface area contributed by atoms with Gasteiger partial charge < -0.3 is 9.47 Å². The van der Waals surface area contributed by atoms with Gasteiger partial charge in [0.2, 0.25) is 0 Å². The molecule has 6 heteroatoms. The van der Waals surface area contributed by atoms with E-state index in [0.717, 1.165) is 20.8 Å². The Morgan fingerprint density at radius 3 is 2.86 bits per heavy atom. The van der Waals surface area contributed by atoms with Crippen molar-refractivity contribution < 1.29 is 14.3 Å². The zero-order valence-electron chi connectivity index (χ0n) is 15.8. The van der Waals surface area contributed by atoms with Gasteiger partial charge >= 0.3 is 0 Å². The van der Waals surface area contributed by atoms with Gasteiger partial charge in [-0.25, -0.2) is 5.43 Å². The van der Waals surface area contributed by atoms with Gasteiger partial charge in [-0.05, 0) is 36.6 Å². The molecule has 3 rings (SSSR count). The summed E-state index contributed by atoms with van der Waals surface area (Å²) in [4.78, 5) is 12.4. The van der Waals surface area contributed by atoms with Gasteiger partial charge in [-0.3, -0.25) is 4.79 Å². The van der Waals surface area contributed by atoms with Crippen LogP contribution in [0.3, 0.4) is 0 Å². The lowest BCUT2D eigenvalue weighted by atomic mass is 10.1. The molecule has 0 saturated heterocycles. The summed E-state index contributed by atoms with van der Waals surface area (Å²) >= 11 is 3.44. The van der Waals surface area contributed by atoms with Crippen LogP contribution in [-0.4, -0.2) is 24.8 Å². The number of nitrogens with zero attached hydrogens (tertiary/aromatic N) is 1. The van der Waals surface area contributed by atoms with Crippen molar-refractivity contribution in [3.63, 3.8) is 0 Å². The monoisotopic (exact) mass is 450 g/mol. The second-order valence-electron chi connectivity index (χ2n) is 6.15. The Labute approximate surface area is 177 Å². The fourth-order valence-corrected chi connectivity index (χ4v) is 2.98. The molecule has 1 N–H and O–H groups in total. The van der Waals surface area contributed by atoms with Gasteiger partial charge in [-0.2, -0.15) is 5.10 Å². The van der Waals surface area contributed by atoms with Gasteiger partial charge in [0.05, 0.1) is 6.21 Å². The van der Waals surface area contributed by atoms with Crippen LogP contribution in [0.15, 0.2) is 70.2 Å². The van der Waals surface area contributed by atoms with Crippen LogP contribution in [0, 0.1) is 12.3 Å². The number of rotatable bonds is 7. The largest absolute Gasteiger partial charge is 0.481 e. The highest BCUT2D eigenvalue weighted by molar-refractivity contribution is 9.10. The van der Waals surface area contributed by atoms with Crippen LogP contribution in [0.1, 0.15) is 12.5 Å². The molecule has 0 aliphatic heterocycles. The van der Waals surface area contributed by atoms with Gasteiger partial charge in [-0.15, -0.1) is 6.42 Å². The van der Waals surface area contributed by atoms with E-state index in [0.29, 0.717) is 11.5 Å². The molecule has 29 heavy (non-hydrogen) atoms. The van der Waals surface area contributed by atoms with E-state index in [2.05, 4.69) is 32.4 Å². The molecular formula is C23H19BrN2O3. The van der Waals surface area contributed by atoms with E-state index in [-0.39, 0.29) is 12.5 Å². The van der Waals surface area contributed by atoms with E-state index in [1.54, 1.807) is 19.1 Å². The normalized spacial score (nSPS) is 11.8. The molecule has 5 nitrogen and oxygen atoms in total. The summed E-state index contributed by atoms with van der Waals surface area (Å²) in [5.41, 5.74) is 3.24. The quantitative estimate of drug-likeness (QED) is 0.326. The predicted octanol–water partition coefficient (Wildman–Crippen LogP) is 4.53. The lowest BCUT2D eigenvalue weighted by molar-refractivity contribution is -0.127. The molecule has 0 aromatic heterocycles. The van der Waals surface area contributed by atoms with E-state index in [1.807, 2.05) is 48.5 Å². The van der Waals surface area contributed by atoms with Gasteiger partial charge in [0.1, 0.15) is 18.1 Å². The van der Waals surface area contributed by atoms with Gasteiger partial charge in [0, 0.05) is 15.4 Å². The third kappa shape index (κ3) is 5.37. The highest BCUT2D eigenvalue weighted by Gasteiger charge is 2.15. The minimum atomic E-state index is -0.716. The van der Waals surface area contributed by atoms with Crippen LogP contribution in [0.4, 0.5) is 0 Å². The number of amides is 1. The average molecular weight is 451 g/mol. The van der Waals surface area contributed by atoms with E-state index < -0.39 is 6.10 Å². The number of halogens is 1. The Balaban J connectivity index is 1.64. The summed E-state index contributed by atoms with van der Waals surface area (Å²) < 4.78 is 12.0. The van der Waals surface area contributed by atoms with E-state index in [9.17, 15) is 4.79 Å². The van der Waals surface area contributed by atoms with Crippen molar-refractivity contribution >= 4 is 38.8 Å². The number of terminal acetylenes is 1. The molecule has 0 spiro atoms. The van der Waals surface area contributed by atoms with Gasteiger partial charge in [-0.1, -0.05) is 58.2 Å². The number of hydrogen-bond acceptors (Lipinski definition) is 4. The number of hydrazone groups is 1. The molecule has 1 atom stereocenters. The minimum absolute atomic E-state index is 0.179. The first kappa shape index (κ1) is 20.4. The summed E-state index contributed by atoms with van der Waals surface area (Å²) in [6.45, 7) is 1.86. The highest BCUT2D eigenvalue weighted by Crippen LogP contribution is 2.26. The molecule has 0 heterocycles. The Morgan fingerprint density at radius 2 is 2.03 bits per heavy atom. The van der Waals surface area contributed by atoms with Crippen molar-refractivity contribution in [2.45, 2.75) is 13.0 Å². The summed E-state index contributed by atoms with van der Waals surface area (Å²) in [5.74, 6) is 3.32. The lowest BCUT2D eigenvalue weighted by Gasteiger charge is -2.14. The van der Waals surface area contributed by atoms with Crippen LogP contribution in [0.2, 0.25) is 0 Å². The zero-order chi connectivity index (χ0) is 20.6.